The van der Waals surface area contributed by atoms with Crippen molar-refractivity contribution >= 4 is 17.0 Å². The third kappa shape index (κ3) is 7.51. The van der Waals surface area contributed by atoms with Gasteiger partial charge >= 0.3 is 11.7 Å². The van der Waals surface area contributed by atoms with E-state index in [1.54, 1.807) is 49.1 Å². The first-order chi connectivity index (χ1) is 23.1. The molecule has 2 unspecified atom stereocenters. The molecule has 9 heteroatoms. The van der Waals surface area contributed by atoms with Crippen molar-refractivity contribution in [1.29, 1.82) is 0 Å². The van der Waals surface area contributed by atoms with E-state index in [0.29, 0.717) is 42.0 Å². The molecule has 3 aromatic carbocycles. The number of hydrogen-bond donors (Lipinski definition) is 0. The van der Waals surface area contributed by atoms with Gasteiger partial charge in [0.1, 0.15) is 30.7 Å². The van der Waals surface area contributed by atoms with E-state index in [0.717, 1.165) is 22.3 Å². The molecule has 2 heterocycles. The molecule has 0 bridgehead atoms. The van der Waals surface area contributed by atoms with Crippen LogP contribution in [-0.2, 0) is 29.8 Å². The topological polar surface area (TPSA) is 84.6 Å². The van der Waals surface area contributed by atoms with Gasteiger partial charge in [-0.1, -0.05) is 72.3 Å². The number of halogens is 1. The van der Waals surface area contributed by atoms with Crippen molar-refractivity contribution < 1.29 is 23.4 Å². The second-order valence-corrected chi connectivity index (χ2v) is 13.1. The molecular formula is C39H40FN3O5. The monoisotopic (exact) mass is 649 g/mol. The maximum Gasteiger partial charge on any atom is 0.333 e. The summed E-state index contributed by atoms with van der Waals surface area (Å²) in [6.45, 7) is 6.00. The Morgan fingerprint density at radius 3 is 2.23 bits per heavy atom. The summed E-state index contributed by atoms with van der Waals surface area (Å²) in [5, 5.41) is 0. The number of allylic oxidation sites excluding steroid dienone is 1. The van der Waals surface area contributed by atoms with Crippen LogP contribution < -0.4 is 15.2 Å². The predicted octanol–water partition coefficient (Wildman–Crippen LogP) is 7.76. The molecule has 1 aliphatic carbocycles. The normalized spacial score (nSPS) is 17.4. The average Bonchev–Trinajstić information content (AvgIpc) is 3.31. The molecule has 0 amide bonds. The smallest absolute Gasteiger partial charge is 0.333 e. The number of pyridine rings is 1. The number of nitrogens with zero attached hydrogens (tertiary/aromatic N) is 3. The number of rotatable bonds is 9. The summed E-state index contributed by atoms with van der Waals surface area (Å²) >= 11 is 0. The van der Waals surface area contributed by atoms with Crippen molar-refractivity contribution in [2.24, 2.45) is 7.05 Å². The van der Waals surface area contributed by atoms with Gasteiger partial charge in [-0.3, -0.25) is 9.13 Å². The zero-order valence-corrected chi connectivity index (χ0v) is 27.7. The Balaban J connectivity index is 1.29. The molecule has 0 saturated heterocycles. The highest BCUT2D eigenvalue weighted by Crippen LogP contribution is 2.39. The van der Waals surface area contributed by atoms with Crippen molar-refractivity contribution in [3.05, 3.63) is 130 Å². The molecule has 0 radical (unpaired) electrons. The quantitative estimate of drug-likeness (QED) is 0.120. The fourth-order valence-electron chi connectivity index (χ4n) is 6.07. The van der Waals surface area contributed by atoms with Gasteiger partial charge in [-0.05, 0) is 68.5 Å². The average molecular weight is 650 g/mol. The van der Waals surface area contributed by atoms with Crippen LogP contribution in [0.25, 0.3) is 16.7 Å². The minimum Gasteiger partial charge on any atom is -0.473 e. The Hall–Kier alpha value is -5.18. The van der Waals surface area contributed by atoms with E-state index in [-0.39, 0.29) is 30.5 Å². The molecule has 8 nitrogen and oxygen atoms in total. The van der Waals surface area contributed by atoms with Gasteiger partial charge in [-0.25, -0.2) is 14.0 Å². The van der Waals surface area contributed by atoms with E-state index in [2.05, 4.69) is 4.98 Å². The van der Waals surface area contributed by atoms with Gasteiger partial charge in [0.25, 0.3) is 0 Å². The molecule has 6 rings (SSSR count). The molecule has 0 spiro atoms. The van der Waals surface area contributed by atoms with Crippen molar-refractivity contribution in [3.63, 3.8) is 0 Å². The van der Waals surface area contributed by atoms with Gasteiger partial charge in [0, 0.05) is 31.5 Å². The summed E-state index contributed by atoms with van der Waals surface area (Å²) in [7, 11) is 1.70. The predicted molar refractivity (Wildman–Crippen MR) is 183 cm³/mol. The Morgan fingerprint density at radius 2 is 1.58 bits per heavy atom. The maximum absolute atomic E-state index is 15.6. The minimum atomic E-state index is -1.17. The third-order valence-electron chi connectivity index (χ3n) is 8.41. The number of benzene rings is 3. The van der Waals surface area contributed by atoms with Crippen molar-refractivity contribution in [2.45, 2.75) is 70.9 Å². The molecule has 1 aliphatic rings. The molecule has 1 fully saturated rings. The minimum absolute atomic E-state index is 0.161. The first-order valence-corrected chi connectivity index (χ1v) is 16.2. The molecule has 2 atom stereocenters. The number of carbonyl (C=O) groups excluding carboxylic acids is 1. The van der Waals surface area contributed by atoms with Crippen LogP contribution in [0.1, 0.15) is 62.6 Å². The standard InChI is InChI=1S/C39H40FN3O5/c1-39(2,3)48-36(44)22-28-15-17-30(31(40)21-28)29-16-18-32-34(23-29)42(4)38(45)43(32)33-19-20-35(46-24-26-11-7-5-8-12-26)41-37(33)47-25-27-13-9-6-10-14-27/h5-14,16,18-20,22-23,30-31H,15,17,21,24-25H2,1-4H3/b28-22+. The summed E-state index contributed by atoms with van der Waals surface area (Å²) in [6, 6.07) is 28.7. The number of esters is 1. The van der Waals surface area contributed by atoms with Gasteiger partial charge < -0.3 is 14.2 Å². The highest BCUT2D eigenvalue weighted by Gasteiger charge is 2.30. The van der Waals surface area contributed by atoms with Crippen LogP contribution in [0.3, 0.4) is 0 Å². The third-order valence-corrected chi connectivity index (χ3v) is 8.41. The second kappa shape index (κ2) is 13.9. The molecule has 1 saturated carbocycles. The number of fused-ring (bicyclic) bond motifs is 1. The first-order valence-electron chi connectivity index (χ1n) is 16.2. The first kappa shape index (κ1) is 32.7. The van der Waals surface area contributed by atoms with E-state index in [4.69, 9.17) is 14.2 Å². The lowest BCUT2D eigenvalue weighted by molar-refractivity contribution is -0.148. The molecule has 48 heavy (non-hydrogen) atoms. The van der Waals surface area contributed by atoms with Crippen molar-refractivity contribution in [1.82, 2.24) is 14.1 Å². The summed E-state index contributed by atoms with van der Waals surface area (Å²) in [5.41, 5.74) is 4.40. The highest BCUT2D eigenvalue weighted by molar-refractivity contribution is 5.83. The number of hydrogen-bond acceptors (Lipinski definition) is 6. The van der Waals surface area contributed by atoms with E-state index >= 15 is 4.39 Å². The number of aromatic nitrogens is 3. The van der Waals surface area contributed by atoms with Crippen LogP contribution >= 0.6 is 0 Å². The molecule has 0 aliphatic heterocycles. The molecule has 248 valence electrons. The fourth-order valence-corrected chi connectivity index (χ4v) is 6.07. The Kier molecular flexibility index (Phi) is 9.48. The molecule has 0 N–H and O–H groups in total. The van der Waals surface area contributed by atoms with Gasteiger partial charge in [0.2, 0.25) is 11.8 Å². The van der Waals surface area contributed by atoms with Crippen LogP contribution in [-0.4, -0.2) is 31.9 Å². The SMILES string of the molecule is Cn1c(=O)n(-c2ccc(OCc3ccccc3)nc2OCc2ccccc2)c2ccc(C3CC/C(=C\C(=O)OC(C)(C)C)CC3F)cc21. The summed E-state index contributed by atoms with van der Waals surface area (Å²) in [5.74, 6) is -0.189. The fraction of sp³-hybridized carbons (Fsp3) is 0.308. The summed E-state index contributed by atoms with van der Waals surface area (Å²) in [4.78, 5) is 30.8. The Labute approximate surface area is 279 Å². The summed E-state index contributed by atoms with van der Waals surface area (Å²) < 4.78 is 36.4. The molecular weight excluding hydrogens is 609 g/mol. The molecule has 5 aromatic rings. The van der Waals surface area contributed by atoms with Crippen LogP contribution in [0.2, 0.25) is 0 Å². The maximum atomic E-state index is 15.6. The van der Waals surface area contributed by atoms with E-state index < -0.39 is 17.7 Å². The number of alkyl halides is 1. The van der Waals surface area contributed by atoms with Crippen molar-refractivity contribution in [2.75, 3.05) is 0 Å². The lowest BCUT2D eigenvalue weighted by atomic mass is 9.80. The Morgan fingerprint density at radius 1 is 0.917 bits per heavy atom. The molecule has 2 aromatic heterocycles. The second-order valence-electron chi connectivity index (χ2n) is 13.1. The number of carbonyl (C=O) groups is 1. The van der Waals surface area contributed by atoms with Crippen LogP contribution in [0, 0.1) is 0 Å². The van der Waals surface area contributed by atoms with Gasteiger partial charge in [-0.2, -0.15) is 4.98 Å². The van der Waals surface area contributed by atoms with Crippen molar-refractivity contribution in [3.8, 4) is 17.4 Å². The number of ether oxygens (including phenoxy) is 3. The number of imidazole rings is 1. The lowest BCUT2D eigenvalue weighted by Crippen LogP contribution is -2.24. The van der Waals surface area contributed by atoms with Crippen LogP contribution in [0.15, 0.2) is 107 Å². The summed E-state index contributed by atoms with van der Waals surface area (Å²) in [6.07, 6.45) is 1.56. The van der Waals surface area contributed by atoms with E-state index in [1.807, 2.05) is 78.9 Å². The van der Waals surface area contributed by atoms with Gasteiger partial charge in [0.15, 0.2) is 0 Å². The van der Waals surface area contributed by atoms with E-state index in [9.17, 15) is 9.59 Å². The van der Waals surface area contributed by atoms with Crippen LogP contribution in [0.5, 0.6) is 11.8 Å². The lowest BCUT2D eigenvalue weighted by Gasteiger charge is -2.28. The van der Waals surface area contributed by atoms with Gasteiger partial charge in [0.05, 0.1) is 11.0 Å². The number of aryl methyl sites for hydroxylation is 1. The highest BCUT2D eigenvalue weighted by atomic mass is 19.1. The van der Waals surface area contributed by atoms with E-state index in [1.165, 1.54) is 6.08 Å². The van der Waals surface area contributed by atoms with Gasteiger partial charge in [-0.15, -0.1) is 0 Å². The Bertz CT molecular complexity index is 1990. The van der Waals surface area contributed by atoms with Crippen LogP contribution in [0.4, 0.5) is 4.39 Å². The zero-order valence-electron chi connectivity index (χ0n) is 27.7. The zero-order chi connectivity index (χ0) is 33.8. The largest absolute Gasteiger partial charge is 0.473 e.